The Kier molecular flexibility index (Phi) is 6.08. The van der Waals surface area contributed by atoms with Crippen LogP contribution in [-0.2, 0) is 6.54 Å². The molecule has 84 valence electrons. The summed E-state index contributed by atoms with van der Waals surface area (Å²) in [5.41, 5.74) is 6.99. The Bertz CT molecular complexity index is 344. The standard InChI is InChI=1S/C9H12ClN3O.ClH/c1-12-9(14)13-8-3-2-7(10)4-6(8)5-11;/h2-4H,5,11H2,1H3,(H2,12,13,14);1H. The highest BCUT2D eigenvalue weighted by Gasteiger charge is 2.04. The van der Waals surface area contributed by atoms with Gasteiger partial charge in [-0.05, 0) is 23.8 Å². The molecule has 1 aromatic carbocycles. The summed E-state index contributed by atoms with van der Waals surface area (Å²) in [7, 11) is 1.55. The van der Waals surface area contributed by atoms with Gasteiger partial charge in [-0.15, -0.1) is 12.4 Å². The lowest BCUT2D eigenvalue weighted by molar-refractivity contribution is 0.254. The molecule has 1 rings (SSSR count). The SMILES string of the molecule is CNC(=O)Nc1ccc(Cl)cc1CN.Cl. The summed E-state index contributed by atoms with van der Waals surface area (Å²) in [6.45, 7) is 0.333. The Balaban J connectivity index is 0.00000196. The molecule has 6 heteroatoms. The number of nitrogens with one attached hydrogen (secondary N) is 2. The summed E-state index contributed by atoms with van der Waals surface area (Å²) >= 11 is 5.78. The molecule has 0 aromatic heterocycles. The van der Waals surface area contributed by atoms with Crippen molar-refractivity contribution in [3.8, 4) is 0 Å². The number of hydrogen-bond donors (Lipinski definition) is 3. The van der Waals surface area contributed by atoms with E-state index in [1.807, 2.05) is 0 Å². The van der Waals surface area contributed by atoms with Gasteiger partial charge >= 0.3 is 6.03 Å². The van der Waals surface area contributed by atoms with Crippen molar-refractivity contribution in [2.24, 2.45) is 5.73 Å². The molecule has 0 saturated carbocycles. The van der Waals surface area contributed by atoms with E-state index < -0.39 is 0 Å². The van der Waals surface area contributed by atoms with Crippen LogP contribution in [0.2, 0.25) is 5.02 Å². The molecule has 15 heavy (non-hydrogen) atoms. The van der Waals surface area contributed by atoms with E-state index in [4.69, 9.17) is 17.3 Å². The second kappa shape index (κ2) is 6.50. The molecule has 0 unspecified atom stereocenters. The Morgan fingerprint density at radius 1 is 1.53 bits per heavy atom. The van der Waals surface area contributed by atoms with Gasteiger partial charge < -0.3 is 16.4 Å². The third-order valence-corrected chi connectivity index (χ3v) is 2.00. The molecule has 1 aromatic rings. The molecule has 0 saturated heterocycles. The van der Waals surface area contributed by atoms with Crippen molar-refractivity contribution >= 4 is 35.7 Å². The van der Waals surface area contributed by atoms with Crippen LogP contribution in [0.4, 0.5) is 10.5 Å². The van der Waals surface area contributed by atoms with Crippen molar-refractivity contribution in [2.75, 3.05) is 12.4 Å². The van der Waals surface area contributed by atoms with Crippen LogP contribution in [-0.4, -0.2) is 13.1 Å². The lowest BCUT2D eigenvalue weighted by atomic mass is 10.2. The number of rotatable bonds is 2. The fourth-order valence-electron chi connectivity index (χ4n) is 1.04. The summed E-state index contributed by atoms with van der Waals surface area (Å²) in [6, 6.07) is 4.88. The van der Waals surface area contributed by atoms with Gasteiger partial charge in [-0.3, -0.25) is 0 Å². The number of benzene rings is 1. The molecule has 0 radical (unpaired) electrons. The highest BCUT2D eigenvalue weighted by atomic mass is 35.5. The van der Waals surface area contributed by atoms with Gasteiger partial charge in [0.15, 0.2) is 0 Å². The largest absolute Gasteiger partial charge is 0.341 e. The van der Waals surface area contributed by atoms with Crippen molar-refractivity contribution in [3.05, 3.63) is 28.8 Å². The number of carbonyl (C=O) groups excluding carboxylic acids is 1. The number of carbonyl (C=O) groups is 1. The van der Waals surface area contributed by atoms with Crippen molar-refractivity contribution in [3.63, 3.8) is 0 Å². The summed E-state index contributed by atoms with van der Waals surface area (Å²) in [5.74, 6) is 0. The van der Waals surface area contributed by atoms with Gasteiger partial charge in [0.1, 0.15) is 0 Å². The van der Waals surface area contributed by atoms with E-state index in [2.05, 4.69) is 10.6 Å². The molecule has 4 nitrogen and oxygen atoms in total. The highest BCUT2D eigenvalue weighted by Crippen LogP contribution is 2.19. The van der Waals surface area contributed by atoms with Crippen molar-refractivity contribution < 1.29 is 4.79 Å². The van der Waals surface area contributed by atoms with E-state index in [0.717, 1.165) is 5.56 Å². The van der Waals surface area contributed by atoms with Crippen LogP contribution in [0.15, 0.2) is 18.2 Å². The molecular weight excluding hydrogens is 237 g/mol. The second-order valence-electron chi connectivity index (χ2n) is 2.71. The van der Waals surface area contributed by atoms with Crippen LogP contribution >= 0.6 is 24.0 Å². The molecule has 0 aliphatic carbocycles. The number of hydrogen-bond acceptors (Lipinski definition) is 2. The first-order chi connectivity index (χ1) is 6.67. The van der Waals surface area contributed by atoms with Crippen LogP contribution in [0, 0.1) is 0 Å². The quantitative estimate of drug-likeness (QED) is 0.751. The summed E-state index contributed by atoms with van der Waals surface area (Å²) in [6.07, 6.45) is 0. The van der Waals surface area contributed by atoms with Gasteiger partial charge in [-0.2, -0.15) is 0 Å². The molecule has 0 spiro atoms. The van der Waals surface area contributed by atoms with E-state index in [-0.39, 0.29) is 18.4 Å². The van der Waals surface area contributed by atoms with Gasteiger partial charge in [0, 0.05) is 24.3 Å². The summed E-state index contributed by atoms with van der Waals surface area (Å²) in [5, 5.41) is 5.71. The van der Waals surface area contributed by atoms with Crippen molar-refractivity contribution in [1.82, 2.24) is 5.32 Å². The number of anilines is 1. The molecule has 4 N–H and O–H groups in total. The van der Waals surface area contributed by atoms with Crippen LogP contribution in [0.25, 0.3) is 0 Å². The molecule has 0 aliphatic rings. The molecule has 0 heterocycles. The van der Waals surface area contributed by atoms with Crippen molar-refractivity contribution in [1.29, 1.82) is 0 Å². The highest BCUT2D eigenvalue weighted by molar-refractivity contribution is 6.30. The molecule has 2 amide bonds. The minimum absolute atomic E-state index is 0. The molecular formula is C9H13Cl2N3O. The summed E-state index contributed by atoms with van der Waals surface area (Å²) < 4.78 is 0. The van der Waals surface area contributed by atoms with E-state index in [9.17, 15) is 4.79 Å². The topological polar surface area (TPSA) is 67.2 Å². The first-order valence-corrected chi connectivity index (χ1v) is 4.52. The minimum Gasteiger partial charge on any atom is -0.341 e. The van der Waals surface area contributed by atoms with Crippen molar-refractivity contribution in [2.45, 2.75) is 6.54 Å². The zero-order valence-corrected chi connectivity index (χ0v) is 9.78. The number of nitrogens with two attached hydrogens (primary N) is 1. The van der Waals surface area contributed by atoms with Gasteiger partial charge in [0.25, 0.3) is 0 Å². The fourth-order valence-corrected chi connectivity index (χ4v) is 1.23. The van der Waals surface area contributed by atoms with E-state index in [1.165, 1.54) is 0 Å². The van der Waals surface area contributed by atoms with Gasteiger partial charge in [-0.25, -0.2) is 4.79 Å². The third-order valence-electron chi connectivity index (χ3n) is 1.76. The Labute approximate surface area is 99.6 Å². The van der Waals surface area contributed by atoms with Crippen LogP contribution in [0.1, 0.15) is 5.56 Å². The first-order valence-electron chi connectivity index (χ1n) is 4.14. The lowest BCUT2D eigenvalue weighted by Crippen LogP contribution is -2.25. The predicted octanol–water partition coefficient (Wildman–Crippen LogP) is 1.97. The normalized spacial score (nSPS) is 9.00. The van der Waals surface area contributed by atoms with Crippen LogP contribution in [0.3, 0.4) is 0 Å². The summed E-state index contributed by atoms with van der Waals surface area (Å²) in [4.78, 5) is 11.0. The van der Waals surface area contributed by atoms with E-state index in [0.29, 0.717) is 17.3 Å². The molecule has 0 bridgehead atoms. The minimum atomic E-state index is -0.276. The van der Waals surface area contributed by atoms with Crippen LogP contribution in [0.5, 0.6) is 0 Å². The van der Waals surface area contributed by atoms with Gasteiger partial charge in [0.05, 0.1) is 0 Å². The average Bonchev–Trinajstić information content (AvgIpc) is 2.20. The zero-order chi connectivity index (χ0) is 10.6. The first kappa shape index (κ1) is 14.0. The number of halogens is 2. The second-order valence-corrected chi connectivity index (χ2v) is 3.15. The van der Waals surface area contributed by atoms with E-state index >= 15 is 0 Å². The average molecular weight is 250 g/mol. The Morgan fingerprint density at radius 3 is 2.73 bits per heavy atom. The predicted molar refractivity (Wildman–Crippen MR) is 64.7 cm³/mol. The molecule has 0 aliphatic heterocycles. The number of urea groups is 1. The van der Waals surface area contributed by atoms with Gasteiger partial charge in [0.2, 0.25) is 0 Å². The van der Waals surface area contributed by atoms with Gasteiger partial charge in [-0.1, -0.05) is 11.6 Å². The van der Waals surface area contributed by atoms with Crippen LogP contribution < -0.4 is 16.4 Å². The maximum Gasteiger partial charge on any atom is 0.318 e. The smallest absolute Gasteiger partial charge is 0.318 e. The molecule has 0 fully saturated rings. The Morgan fingerprint density at radius 2 is 2.20 bits per heavy atom. The monoisotopic (exact) mass is 249 g/mol. The zero-order valence-electron chi connectivity index (χ0n) is 8.21. The maximum absolute atomic E-state index is 11.0. The lowest BCUT2D eigenvalue weighted by Gasteiger charge is -2.09. The fraction of sp³-hybridized carbons (Fsp3) is 0.222. The maximum atomic E-state index is 11.0. The van der Waals surface area contributed by atoms with E-state index in [1.54, 1.807) is 25.2 Å². The third kappa shape index (κ3) is 3.95. The molecule has 0 atom stereocenters. The Hall–Kier alpha value is -0.970. The number of amides is 2.